The number of hydrogen-bond donors (Lipinski definition) is 0. The molecular weight excluding hydrogens is 1320 g/mol. The van der Waals surface area contributed by atoms with Gasteiger partial charge in [0.05, 0.1) is 39.3 Å². The van der Waals surface area contributed by atoms with Crippen LogP contribution in [0.5, 0.6) is 0 Å². The van der Waals surface area contributed by atoms with E-state index in [0.29, 0.717) is 0 Å². The summed E-state index contributed by atoms with van der Waals surface area (Å²) in [5, 5.41) is 19.6. The van der Waals surface area contributed by atoms with Gasteiger partial charge in [0, 0.05) is 148 Å². The number of halogens is 4. The van der Waals surface area contributed by atoms with Crippen molar-refractivity contribution in [1.82, 2.24) is 59.3 Å². The molecule has 40 heteroatoms. The van der Waals surface area contributed by atoms with E-state index in [2.05, 4.69) is 91.6 Å². The Balaban J connectivity index is 0.000000551. The van der Waals surface area contributed by atoms with Gasteiger partial charge < -0.3 is 0 Å². The van der Waals surface area contributed by atoms with Gasteiger partial charge in [-0.3, -0.25) is 29.4 Å². The molecule has 2 aliphatic heterocycles. The van der Waals surface area contributed by atoms with E-state index in [9.17, 15) is 0 Å². The molecule has 2 radical (unpaired) electrons. The molecule has 0 aromatic carbocycles. The van der Waals surface area contributed by atoms with E-state index in [1.165, 1.54) is 30.0 Å². The summed E-state index contributed by atoms with van der Waals surface area (Å²) in [5.74, 6) is 0. The Morgan fingerprint density at radius 2 is 0.368 bits per heavy atom. The van der Waals surface area contributed by atoms with E-state index >= 15 is 0 Å². The number of hydrogen-bond acceptors (Lipinski definition) is 34. The minimum Gasteiger partial charge on any atom is -0.294 e. The number of aromatic nitrogens is 6. The van der Waals surface area contributed by atoms with Gasteiger partial charge >= 0.3 is 34.1 Å². The molecule has 6 aromatic heterocycles. The molecule has 0 aliphatic carbocycles. The van der Waals surface area contributed by atoms with Crippen molar-refractivity contribution in [1.29, 1.82) is 0 Å². The summed E-state index contributed by atoms with van der Waals surface area (Å²) in [7, 11) is -19.8. The number of thiazole rings is 6. The zero-order chi connectivity index (χ0) is 54.6. The van der Waals surface area contributed by atoms with Crippen molar-refractivity contribution in [2.24, 2.45) is 0 Å². The van der Waals surface area contributed by atoms with Crippen LogP contribution in [0, 0.1) is 41.0 Å². The summed E-state index contributed by atoms with van der Waals surface area (Å²) in [4.78, 5) is 42.1. The van der Waals surface area contributed by atoms with Crippen molar-refractivity contribution in [3.05, 3.63) is 99.5 Å². The van der Waals surface area contributed by atoms with E-state index in [0.717, 1.165) is 118 Å². The fourth-order valence-electron chi connectivity index (χ4n) is 6.45. The van der Waals surface area contributed by atoms with E-state index in [-0.39, 0.29) is 34.1 Å². The van der Waals surface area contributed by atoms with Gasteiger partial charge in [0.25, 0.3) is 0 Å². The normalized spacial score (nSPS) is 16.1. The first kappa shape index (κ1) is 73.1. The van der Waals surface area contributed by atoms with E-state index < -0.39 is 41.0 Å². The molecule has 2 aliphatic rings. The van der Waals surface area contributed by atoms with Crippen LogP contribution in [0.15, 0.2) is 69.5 Å². The van der Waals surface area contributed by atoms with Crippen molar-refractivity contribution in [2.75, 3.05) is 78.5 Å². The fraction of sp³-hybridized carbons (Fsp3) is 0.500. The van der Waals surface area contributed by atoms with Gasteiger partial charge in [0.15, 0.2) is 0 Å². The first-order valence-electron chi connectivity index (χ1n) is 20.8. The number of rotatable bonds is 12. The Kier molecular flexibility index (Phi) is 37.3. The van der Waals surface area contributed by atoms with Gasteiger partial charge in [0.2, 0.25) is 0 Å². The van der Waals surface area contributed by atoms with Gasteiger partial charge in [-0.2, -0.15) is 0 Å². The van der Waals surface area contributed by atoms with Gasteiger partial charge in [-0.05, 0) is 0 Å². The SMILES string of the molecule is [Cu+2].[Cu+2].[O-][Cl+3]([O-])([O-])[O-].[O-][Cl+3]([O-])([O-])[O-].[O-][Cl+3]([O-])([O-])[O-].[O-][Cl+3]([O-])([O-])[O-].c1csc(CN2CCN(Cc3nccs3)CCN(Cc3nccs3)CC2)n1.c1csc(CN2CCN(Cc3nccs3)CCN(Cc3nccs3)CC2)n1. The first-order chi connectivity index (χ1) is 34.7. The molecule has 0 saturated carbocycles. The summed E-state index contributed by atoms with van der Waals surface area (Å²) in [6.07, 6.45) is 11.4. The third-order valence-electron chi connectivity index (χ3n) is 9.45. The standard InChI is InChI=1S/2C18H24N6S3.4ClHO4.2Cu/c2*1-10-25-16(19-1)13-22-4-6-23(14-17-20-2-11-26-17)8-9-24(7-5-22)15-18-21-3-12-27-18;4*2-1(3,4)5;;/h2*1-3,10-12H,4-9,13-15H2;4*(H,2,3,4,5);;/q;;;;;;2*+2/p-4. The topological polar surface area (TPSA) is 466 Å². The average molecular weight is 1370 g/mol. The molecule has 0 atom stereocenters. The van der Waals surface area contributed by atoms with E-state index in [4.69, 9.17) is 74.5 Å². The van der Waals surface area contributed by atoms with Crippen LogP contribution in [0.1, 0.15) is 30.0 Å². The molecule has 76 heavy (non-hydrogen) atoms. The van der Waals surface area contributed by atoms with Crippen LogP contribution in [-0.2, 0) is 73.4 Å². The monoisotopic (exact) mass is 1360 g/mol. The second kappa shape index (κ2) is 38.7. The molecule has 8 heterocycles. The van der Waals surface area contributed by atoms with Crippen LogP contribution in [0.2, 0.25) is 0 Å². The first-order valence-corrected chi connectivity index (χ1v) is 31.0. The molecule has 2 saturated heterocycles. The third-order valence-corrected chi connectivity index (χ3v) is 14.0. The number of nitrogens with zero attached hydrogens (tertiary/aromatic N) is 12. The second-order valence-corrected chi connectivity index (χ2v) is 23.6. The van der Waals surface area contributed by atoms with Crippen molar-refractivity contribution in [3.8, 4) is 0 Å². The predicted octanol–water partition coefficient (Wildman–Crippen LogP) is -13.3. The molecule has 0 unspecified atom stereocenters. The van der Waals surface area contributed by atoms with E-state index in [1.807, 2.05) is 37.2 Å². The molecule has 0 N–H and O–H groups in total. The largest absolute Gasteiger partial charge is 2.00 e. The summed E-state index contributed by atoms with van der Waals surface area (Å²) < 4.78 is 136. The summed E-state index contributed by atoms with van der Waals surface area (Å²) >= 11 is 10.5. The van der Waals surface area contributed by atoms with Crippen LogP contribution in [0.25, 0.3) is 0 Å². The van der Waals surface area contributed by atoms with Crippen LogP contribution >= 0.6 is 68.0 Å². The molecule has 8 rings (SSSR count). The quantitative estimate of drug-likeness (QED) is 0.103. The minimum absolute atomic E-state index is 0. The molecule has 2 fully saturated rings. The van der Waals surface area contributed by atoms with E-state index in [1.54, 1.807) is 68.0 Å². The molecular formula is C36H48Cl4Cu2N12O16S6. The average Bonchev–Trinajstić information content (AvgIpc) is 4.12. The Morgan fingerprint density at radius 1 is 0.263 bits per heavy atom. The Hall–Kier alpha value is -0.901. The van der Waals surface area contributed by atoms with Gasteiger partial charge in [-0.1, -0.05) is 0 Å². The second-order valence-electron chi connectivity index (χ2n) is 14.7. The molecule has 0 spiro atoms. The van der Waals surface area contributed by atoms with Crippen molar-refractivity contribution in [2.45, 2.75) is 39.3 Å². The van der Waals surface area contributed by atoms with Crippen molar-refractivity contribution in [3.63, 3.8) is 0 Å². The Bertz CT molecular complexity index is 1810. The zero-order valence-electron chi connectivity index (χ0n) is 39.1. The maximum Gasteiger partial charge on any atom is 2.00 e. The van der Waals surface area contributed by atoms with Crippen LogP contribution in [-0.4, -0.2) is 138 Å². The molecule has 0 amide bonds. The molecule has 0 bridgehead atoms. The van der Waals surface area contributed by atoms with Crippen LogP contribution < -0.4 is 74.5 Å². The van der Waals surface area contributed by atoms with Crippen LogP contribution in [0.4, 0.5) is 0 Å². The fourth-order valence-corrected chi connectivity index (χ4v) is 10.4. The molecule has 28 nitrogen and oxygen atoms in total. The summed E-state index contributed by atoms with van der Waals surface area (Å²) in [5.41, 5.74) is 0. The third kappa shape index (κ3) is 42.0. The van der Waals surface area contributed by atoms with Crippen molar-refractivity contribution < 1.29 is 150 Å². The summed E-state index contributed by atoms with van der Waals surface area (Å²) in [6, 6.07) is 0. The maximum atomic E-state index is 8.49. The maximum absolute atomic E-state index is 8.49. The van der Waals surface area contributed by atoms with Gasteiger partial charge in [-0.25, -0.2) is 104 Å². The Labute approximate surface area is 490 Å². The summed E-state index contributed by atoms with van der Waals surface area (Å²) in [6.45, 7) is 18.4. The van der Waals surface area contributed by atoms with Crippen LogP contribution in [0.3, 0.4) is 0 Å². The smallest absolute Gasteiger partial charge is 0.294 e. The molecule has 434 valence electrons. The Morgan fingerprint density at radius 3 is 0.447 bits per heavy atom. The van der Waals surface area contributed by atoms with Gasteiger partial charge in [0.1, 0.15) is 30.0 Å². The van der Waals surface area contributed by atoms with Crippen molar-refractivity contribution >= 4 is 68.0 Å². The predicted molar refractivity (Wildman–Crippen MR) is 224 cm³/mol. The van der Waals surface area contributed by atoms with Gasteiger partial charge in [-0.15, -0.1) is 109 Å². The minimum atomic E-state index is -4.94. The zero-order valence-corrected chi connectivity index (χ0v) is 48.9. The molecule has 6 aromatic rings.